The van der Waals surface area contributed by atoms with E-state index in [9.17, 15) is 9.18 Å². The fraction of sp³-hybridized carbons (Fsp3) is 0.273. The molecule has 1 aliphatic heterocycles. The summed E-state index contributed by atoms with van der Waals surface area (Å²) in [5, 5.41) is 4.39. The number of rotatable bonds is 5. The fourth-order valence-corrected chi connectivity index (χ4v) is 3.70. The zero-order valence-corrected chi connectivity index (χ0v) is 15.1. The highest BCUT2D eigenvalue weighted by Gasteiger charge is 2.29. The van der Waals surface area contributed by atoms with Crippen molar-refractivity contribution in [3.05, 3.63) is 83.9 Å². The molecule has 0 aliphatic carbocycles. The molecule has 0 saturated carbocycles. The third kappa shape index (κ3) is 3.92. The maximum atomic E-state index is 13.2. The number of amides is 1. The Labute approximate surface area is 158 Å². The Balaban J connectivity index is 1.39. The van der Waals surface area contributed by atoms with Crippen LogP contribution in [-0.2, 0) is 11.2 Å². The molecule has 3 aromatic rings. The summed E-state index contributed by atoms with van der Waals surface area (Å²) >= 11 is 0. The predicted molar refractivity (Wildman–Crippen MR) is 102 cm³/mol. The first-order chi connectivity index (χ1) is 13.2. The highest BCUT2D eigenvalue weighted by atomic mass is 19.1. The molecule has 5 heteroatoms. The monoisotopic (exact) mass is 363 g/mol. The summed E-state index contributed by atoms with van der Waals surface area (Å²) in [5.41, 5.74) is 3.06. The SMILES string of the molecule is O=C(CCc1cnn(-c2ccccc2)c1)N1CCCC1c1ccc(F)cc1. The van der Waals surface area contributed by atoms with E-state index < -0.39 is 0 Å². The van der Waals surface area contributed by atoms with Crippen molar-refractivity contribution in [3.8, 4) is 5.69 Å². The van der Waals surface area contributed by atoms with Crippen LogP contribution in [0.1, 0.15) is 36.4 Å². The van der Waals surface area contributed by atoms with Gasteiger partial charge in [-0.25, -0.2) is 9.07 Å². The van der Waals surface area contributed by atoms with Crippen LogP contribution in [0.5, 0.6) is 0 Å². The Morgan fingerprint density at radius 2 is 1.89 bits per heavy atom. The van der Waals surface area contributed by atoms with Crippen LogP contribution < -0.4 is 0 Å². The molecule has 1 aliphatic rings. The quantitative estimate of drug-likeness (QED) is 0.678. The van der Waals surface area contributed by atoms with Crippen LogP contribution in [-0.4, -0.2) is 27.1 Å². The zero-order valence-electron chi connectivity index (χ0n) is 15.1. The van der Waals surface area contributed by atoms with Crippen molar-refractivity contribution in [2.75, 3.05) is 6.54 Å². The molecule has 4 nitrogen and oxygen atoms in total. The average molecular weight is 363 g/mol. The molecule has 1 atom stereocenters. The lowest BCUT2D eigenvalue weighted by Crippen LogP contribution is -2.30. The van der Waals surface area contributed by atoms with Crippen molar-refractivity contribution in [1.29, 1.82) is 0 Å². The molecule has 1 aromatic heterocycles. The van der Waals surface area contributed by atoms with Gasteiger partial charge in [-0.1, -0.05) is 30.3 Å². The summed E-state index contributed by atoms with van der Waals surface area (Å²) in [6.45, 7) is 0.768. The van der Waals surface area contributed by atoms with Crippen LogP contribution >= 0.6 is 0 Å². The maximum Gasteiger partial charge on any atom is 0.223 e. The van der Waals surface area contributed by atoms with Crippen molar-refractivity contribution in [2.24, 2.45) is 0 Å². The van der Waals surface area contributed by atoms with Crippen LogP contribution in [0.3, 0.4) is 0 Å². The van der Waals surface area contributed by atoms with Gasteiger partial charge in [0.25, 0.3) is 0 Å². The number of aromatic nitrogens is 2. The summed E-state index contributed by atoms with van der Waals surface area (Å²) < 4.78 is 15.0. The van der Waals surface area contributed by atoms with Crippen LogP contribution in [0.4, 0.5) is 4.39 Å². The van der Waals surface area contributed by atoms with Crippen LogP contribution in [0.2, 0.25) is 0 Å². The molecule has 0 spiro atoms. The van der Waals surface area contributed by atoms with Crippen molar-refractivity contribution in [2.45, 2.75) is 31.7 Å². The first kappa shape index (κ1) is 17.5. The standard InChI is InChI=1S/C22H22FN3O/c23-19-11-9-18(10-12-19)21-7-4-14-25(21)22(27)13-8-17-15-24-26(16-17)20-5-2-1-3-6-20/h1-3,5-6,9-12,15-16,21H,4,7-8,13-14H2. The zero-order chi connectivity index (χ0) is 18.6. The van der Waals surface area contributed by atoms with Crippen LogP contribution in [0, 0.1) is 5.82 Å². The van der Waals surface area contributed by atoms with Gasteiger partial charge in [0.15, 0.2) is 0 Å². The van der Waals surface area contributed by atoms with E-state index in [-0.39, 0.29) is 17.8 Å². The minimum atomic E-state index is -0.245. The number of nitrogens with zero attached hydrogens (tertiary/aromatic N) is 3. The highest BCUT2D eigenvalue weighted by molar-refractivity contribution is 5.77. The summed E-state index contributed by atoms with van der Waals surface area (Å²) in [5.74, 6) is -0.0978. The predicted octanol–water partition coefficient (Wildman–Crippen LogP) is 4.31. The number of likely N-dealkylation sites (tertiary alicyclic amines) is 1. The largest absolute Gasteiger partial charge is 0.336 e. The summed E-state index contributed by atoms with van der Waals surface area (Å²) in [6.07, 6.45) is 6.84. The molecular weight excluding hydrogens is 341 g/mol. The van der Waals surface area contributed by atoms with Gasteiger partial charge >= 0.3 is 0 Å². The van der Waals surface area contributed by atoms with Gasteiger partial charge < -0.3 is 4.90 Å². The number of para-hydroxylation sites is 1. The summed E-state index contributed by atoms with van der Waals surface area (Å²) in [4.78, 5) is 14.7. The van der Waals surface area contributed by atoms with Crippen molar-refractivity contribution >= 4 is 5.91 Å². The smallest absolute Gasteiger partial charge is 0.223 e. The molecule has 1 fully saturated rings. The van der Waals surface area contributed by atoms with Crippen LogP contribution in [0.25, 0.3) is 5.69 Å². The van der Waals surface area contributed by atoms with Gasteiger partial charge in [-0.3, -0.25) is 4.79 Å². The second kappa shape index (κ2) is 7.74. The van der Waals surface area contributed by atoms with E-state index in [1.54, 1.807) is 12.1 Å². The molecule has 1 saturated heterocycles. The molecular formula is C22H22FN3O. The second-order valence-corrected chi connectivity index (χ2v) is 6.93. The lowest BCUT2D eigenvalue weighted by atomic mass is 10.0. The Morgan fingerprint density at radius 1 is 1.11 bits per heavy atom. The van der Waals surface area contributed by atoms with Gasteiger partial charge in [0, 0.05) is 19.2 Å². The van der Waals surface area contributed by atoms with E-state index in [1.807, 2.05) is 52.3 Å². The molecule has 138 valence electrons. The number of hydrogen-bond acceptors (Lipinski definition) is 2. The maximum absolute atomic E-state index is 13.2. The minimum Gasteiger partial charge on any atom is -0.336 e. The first-order valence-corrected chi connectivity index (χ1v) is 9.34. The Kier molecular flexibility index (Phi) is 5.01. The van der Waals surface area contributed by atoms with E-state index in [0.29, 0.717) is 12.8 Å². The minimum absolute atomic E-state index is 0.0603. The molecule has 27 heavy (non-hydrogen) atoms. The number of hydrogen-bond donors (Lipinski definition) is 0. The molecule has 1 amide bonds. The van der Waals surface area contributed by atoms with Gasteiger partial charge in [0.1, 0.15) is 5.82 Å². The topological polar surface area (TPSA) is 38.1 Å². The number of halogens is 1. The molecule has 4 rings (SSSR count). The van der Waals surface area contributed by atoms with Gasteiger partial charge in [0.2, 0.25) is 5.91 Å². The second-order valence-electron chi connectivity index (χ2n) is 6.93. The van der Waals surface area contributed by atoms with Gasteiger partial charge in [-0.2, -0.15) is 5.10 Å². The van der Waals surface area contributed by atoms with E-state index in [0.717, 1.165) is 36.2 Å². The van der Waals surface area contributed by atoms with Crippen LogP contribution in [0.15, 0.2) is 67.0 Å². The van der Waals surface area contributed by atoms with E-state index in [1.165, 1.54) is 12.1 Å². The van der Waals surface area contributed by atoms with E-state index >= 15 is 0 Å². The van der Waals surface area contributed by atoms with E-state index in [2.05, 4.69) is 5.10 Å². The normalized spacial score (nSPS) is 16.6. The summed E-state index contributed by atoms with van der Waals surface area (Å²) in [7, 11) is 0. The molecule has 0 bridgehead atoms. The fourth-order valence-electron chi connectivity index (χ4n) is 3.70. The molecule has 2 heterocycles. The molecule has 1 unspecified atom stereocenters. The lowest BCUT2D eigenvalue weighted by molar-refractivity contribution is -0.132. The third-order valence-electron chi connectivity index (χ3n) is 5.11. The lowest BCUT2D eigenvalue weighted by Gasteiger charge is -2.25. The molecule has 2 aromatic carbocycles. The third-order valence-corrected chi connectivity index (χ3v) is 5.11. The van der Waals surface area contributed by atoms with Gasteiger partial charge in [-0.05, 0) is 54.7 Å². The average Bonchev–Trinajstić information content (AvgIpc) is 3.37. The molecule has 0 N–H and O–H groups in total. The van der Waals surface area contributed by atoms with Gasteiger partial charge in [-0.15, -0.1) is 0 Å². The number of aryl methyl sites for hydroxylation is 1. The number of carbonyl (C=O) groups excluding carboxylic acids is 1. The van der Waals surface area contributed by atoms with Crippen molar-refractivity contribution in [3.63, 3.8) is 0 Å². The Bertz CT molecular complexity index is 905. The highest BCUT2D eigenvalue weighted by Crippen LogP contribution is 2.32. The molecule has 0 radical (unpaired) electrons. The number of benzene rings is 2. The number of carbonyl (C=O) groups is 1. The first-order valence-electron chi connectivity index (χ1n) is 9.34. The van der Waals surface area contributed by atoms with Crippen molar-refractivity contribution in [1.82, 2.24) is 14.7 Å². The van der Waals surface area contributed by atoms with Crippen molar-refractivity contribution < 1.29 is 9.18 Å². The Morgan fingerprint density at radius 3 is 2.67 bits per heavy atom. The van der Waals surface area contributed by atoms with E-state index in [4.69, 9.17) is 0 Å². The Hall–Kier alpha value is -2.95. The van der Waals surface area contributed by atoms with Gasteiger partial charge in [0.05, 0.1) is 17.9 Å². The summed E-state index contributed by atoms with van der Waals surface area (Å²) in [6, 6.07) is 16.5.